The Balaban J connectivity index is 1.51. The first kappa shape index (κ1) is 24.6. The summed E-state index contributed by atoms with van der Waals surface area (Å²) >= 11 is 0. The van der Waals surface area contributed by atoms with Crippen molar-refractivity contribution in [2.45, 2.75) is 52.7 Å². The summed E-state index contributed by atoms with van der Waals surface area (Å²) in [4.78, 5) is 16.7. The number of hydroxylamine groups is 2. The number of fused-ring (bicyclic) bond motifs is 1. The molecule has 1 aliphatic rings. The number of ether oxygens (including phenoxy) is 1. The summed E-state index contributed by atoms with van der Waals surface area (Å²) < 4.78 is 32.7. The molecular weight excluding hydrogens is 430 g/mol. The molecule has 0 spiro atoms. The van der Waals surface area contributed by atoms with E-state index < -0.39 is 21.7 Å². The number of aromatic nitrogens is 1. The first-order valence-electron chi connectivity index (χ1n) is 11.1. The lowest BCUT2D eigenvalue weighted by Gasteiger charge is -2.31. The summed E-state index contributed by atoms with van der Waals surface area (Å²) in [5.41, 5.74) is 2.93. The Hall–Kier alpha value is -2.07. The topological polar surface area (TPSA) is 100 Å². The predicted octanol–water partition coefficient (Wildman–Crippen LogP) is 3.12. The van der Waals surface area contributed by atoms with E-state index >= 15 is 0 Å². The van der Waals surface area contributed by atoms with Crippen LogP contribution in [0.1, 0.15) is 44.4 Å². The molecule has 0 unspecified atom stereocenters. The average Bonchev–Trinajstić information content (AvgIpc) is 2.75. The zero-order chi connectivity index (χ0) is 23.3. The number of amides is 1. The van der Waals surface area contributed by atoms with Gasteiger partial charge in [-0.25, -0.2) is 17.8 Å². The second kappa shape index (κ2) is 10.7. The fourth-order valence-corrected chi connectivity index (χ4v) is 5.24. The van der Waals surface area contributed by atoms with E-state index in [1.54, 1.807) is 0 Å². The maximum Gasteiger partial charge on any atom is 0.262 e. The Morgan fingerprint density at radius 1 is 1.28 bits per heavy atom. The van der Waals surface area contributed by atoms with Crippen LogP contribution in [0.3, 0.4) is 0 Å². The largest absolute Gasteiger partial charge is 0.373 e. The van der Waals surface area contributed by atoms with Crippen LogP contribution >= 0.6 is 0 Å². The molecule has 0 aliphatic carbocycles. The van der Waals surface area contributed by atoms with Crippen molar-refractivity contribution in [3.63, 3.8) is 0 Å². The maximum atomic E-state index is 12.6. The Morgan fingerprint density at radius 2 is 1.97 bits per heavy atom. The normalized spacial score (nSPS) is 16.0. The number of hydrogen-bond acceptors (Lipinski definition) is 6. The van der Waals surface area contributed by atoms with Gasteiger partial charge < -0.3 is 4.74 Å². The number of carbonyl (C=O) groups excluding carboxylic acids is 1. The second-order valence-corrected chi connectivity index (χ2v) is 10.8. The van der Waals surface area contributed by atoms with Crippen molar-refractivity contribution in [3.05, 3.63) is 41.6 Å². The highest BCUT2D eigenvalue weighted by atomic mass is 32.2. The third-order valence-corrected chi connectivity index (χ3v) is 7.47. The summed E-state index contributed by atoms with van der Waals surface area (Å²) in [7, 11) is -3.77. The summed E-state index contributed by atoms with van der Waals surface area (Å²) in [5.74, 6) is -1.19. The lowest BCUT2D eigenvalue weighted by atomic mass is 10.1. The van der Waals surface area contributed by atoms with Crippen molar-refractivity contribution in [3.8, 4) is 0 Å². The van der Waals surface area contributed by atoms with Crippen molar-refractivity contribution in [2.24, 2.45) is 5.92 Å². The Bertz CT molecular complexity index is 1030. The number of para-hydroxylation sites is 1. The van der Waals surface area contributed by atoms with E-state index in [-0.39, 0.29) is 12.6 Å². The zero-order valence-corrected chi connectivity index (χ0v) is 19.8. The number of piperidine rings is 1. The number of carbonyl (C=O) groups is 1. The van der Waals surface area contributed by atoms with Crippen molar-refractivity contribution in [1.29, 1.82) is 0 Å². The van der Waals surface area contributed by atoms with Gasteiger partial charge in [0.15, 0.2) is 0 Å². The quantitative estimate of drug-likeness (QED) is 0.453. The Morgan fingerprint density at radius 3 is 2.66 bits per heavy atom. The van der Waals surface area contributed by atoms with Crippen molar-refractivity contribution in [1.82, 2.24) is 14.4 Å². The molecule has 9 heteroatoms. The maximum absolute atomic E-state index is 12.6. The number of benzene rings is 1. The Kier molecular flexibility index (Phi) is 8.21. The molecular formula is C23H33N3O5S. The fraction of sp³-hybridized carbons (Fsp3) is 0.565. The van der Waals surface area contributed by atoms with Gasteiger partial charge in [0.25, 0.3) is 5.91 Å². The SMILES string of the molecule is Cc1cc(COC2CCN(S(=O)(=O)CC(=O)N(O)CCC(C)C)CC2)c2ccccc2n1. The van der Waals surface area contributed by atoms with E-state index in [0.29, 0.717) is 49.9 Å². The number of nitrogens with zero attached hydrogens (tertiary/aromatic N) is 3. The Labute approximate surface area is 190 Å². The van der Waals surface area contributed by atoms with Gasteiger partial charge in [0.1, 0.15) is 5.75 Å². The summed E-state index contributed by atoms with van der Waals surface area (Å²) in [6.45, 7) is 7.07. The van der Waals surface area contributed by atoms with Crippen LogP contribution in [0.2, 0.25) is 0 Å². The molecule has 1 saturated heterocycles. The number of pyridine rings is 1. The first-order chi connectivity index (χ1) is 15.2. The van der Waals surface area contributed by atoms with E-state index in [2.05, 4.69) is 4.98 Å². The van der Waals surface area contributed by atoms with Crippen molar-refractivity contribution < 1.29 is 23.2 Å². The minimum atomic E-state index is -3.77. The van der Waals surface area contributed by atoms with Gasteiger partial charge in [-0.1, -0.05) is 32.0 Å². The van der Waals surface area contributed by atoms with Crippen molar-refractivity contribution in [2.75, 3.05) is 25.4 Å². The van der Waals surface area contributed by atoms with Gasteiger partial charge in [-0.2, -0.15) is 0 Å². The molecule has 2 aromatic rings. The summed E-state index contributed by atoms with van der Waals surface area (Å²) in [6.07, 6.45) is 1.68. The van der Waals surface area contributed by atoms with E-state index in [9.17, 15) is 18.4 Å². The van der Waals surface area contributed by atoms with Crippen LogP contribution in [0.5, 0.6) is 0 Å². The van der Waals surface area contributed by atoms with Gasteiger partial charge in [0.2, 0.25) is 10.0 Å². The predicted molar refractivity (Wildman–Crippen MR) is 123 cm³/mol. The van der Waals surface area contributed by atoms with Gasteiger partial charge in [-0.3, -0.25) is 15.0 Å². The van der Waals surface area contributed by atoms with E-state index in [1.165, 1.54) is 4.31 Å². The number of hydrogen-bond donors (Lipinski definition) is 1. The monoisotopic (exact) mass is 463 g/mol. The molecule has 32 heavy (non-hydrogen) atoms. The highest BCUT2D eigenvalue weighted by Gasteiger charge is 2.31. The molecule has 1 aliphatic heterocycles. The fourth-order valence-electron chi connectivity index (χ4n) is 3.83. The molecule has 1 aromatic heterocycles. The number of rotatable bonds is 9. The second-order valence-electron chi connectivity index (χ2n) is 8.80. The van der Waals surface area contributed by atoms with Crippen LogP contribution in [-0.2, 0) is 26.2 Å². The highest BCUT2D eigenvalue weighted by molar-refractivity contribution is 7.89. The summed E-state index contributed by atoms with van der Waals surface area (Å²) in [6, 6.07) is 9.96. The van der Waals surface area contributed by atoms with Crippen LogP contribution in [0.4, 0.5) is 0 Å². The number of sulfonamides is 1. The molecule has 0 saturated carbocycles. The smallest absolute Gasteiger partial charge is 0.262 e. The summed E-state index contributed by atoms with van der Waals surface area (Å²) in [5, 5.41) is 11.4. The zero-order valence-electron chi connectivity index (χ0n) is 19.0. The molecule has 2 heterocycles. The van der Waals surface area contributed by atoms with Gasteiger partial charge in [-0.15, -0.1) is 0 Å². The molecule has 0 radical (unpaired) electrons. The van der Waals surface area contributed by atoms with Crippen LogP contribution in [0.25, 0.3) is 10.9 Å². The molecule has 0 bridgehead atoms. The molecule has 1 fully saturated rings. The molecule has 1 N–H and O–H groups in total. The van der Waals surface area contributed by atoms with E-state index in [0.717, 1.165) is 22.2 Å². The minimum Gasteiger partial charge on any atom is -0.373 e. The number of aryl methyl sites for hydroxylation is 1. The third kappa shape index (κ3) is 6.48. The standard InChI is InChI=1S/C23H33N3O5S/c1-17(2)8-13-26(28)23(27)16-32(29,30)25-11-9-20(10-12-25)31-15-19-14-18(3)24-22-7-5-4-6-21(19)22/h4-7,14,17,20,28H,8-13,15-16H2,1-3H3. The van der Waals surface area contributed by atoms with Gasteiger partial charge >= 0.3 is 0 Å². The highest BCUT2D eigenvalue weighted by Crippen LogP contribution is 2.22. The molecule has 0 atom stereocenters. The van der Waals surface area contributed by atoms with Crippen molar-refractivity contribution >= 4 is 26.8 Å². The van der Waals surface area contributed by atoms with Crippen LogP contribution < -0.4 is 0 Å². The van der Waals surface area contributed by atoms with Gasteiger partial charge in [-0.05, 0) is 49.8 Å². The minimum absolute atomic E-state index is 0.0511. The van der Waals surface area contributed by atoms with Gasteiger partial charge in [0, 0.05) is 30.7 Å². The molecule has 8 nitrogen and oxygen atoms in total. The molecule has 1 amide bonds. The third-order valence-electron chi connectivity index (χ3n) is 5.71. The molecule has 1 aromatic carbocycles. The van der Waals surface area contributed by atoms with Crippen LogP contribution in [0.15, 0.2) is 30.3 Å². The van der Waals surface area contributed by atoms with Crippen LogP contribution in [-0.4, -0.2) is 65.4 Å². The average molecular weight is 464 g/mol. The lowest BCUT2D eigenvalue weighted by Crippen LogP contribution is -2.45. The molecule has 3 rings (SSSR count). The van der Waals surface area contributed by atoms with Gasteiger partial charge in [0.05, 0.1) is 18.2 Å². The van der Waals surface area contributed by atoms with E-state index in [4.69, 9.17) is 4.74 Å². The first-order valence-corrected chi connectivity index (χ1v) is 12.7. The van der Waals surface area contributed by atoms with Crippen LogP contribution in [0, 0.1) is 12.8 Å². The lowest BCUT2D eigenvalue weighted by molar-refractivity contribution is -0.162. The van der Waals surface area contributed by atoms with E-state index in [1.807, 2.05) is 51.1 Å². The molecule has 176 valence electrons.